The number of carbonyl (C=O) groups excluding carboxylic acids is 1. The maximum absolute atomic E-state index is 11.9. The largest absolute Gasteiger partial charge is 0.508 e. The van der Waals surface area contributed by atoms with Crippen molar-refractivity contribution in [1.29, 1.82) is 0 Å². The van der Waals surface area contributed by atoms with Crippen molar-refractivity contribution in [2.75, 3.05) is 0 Å². The molecule has 5 heteroatoms. The van der Waals surface area contributed by atoms with E-state index in [-0.39, 0.29) is 17.7 Å². The Labute approximate surface area is 114 Å². The van der Waals surface area contributed by atoms with Gasteiger partial charge in [-0.05, 0) is 31.5 Å². The second-order valence-electron chi connectivity index (χ2n) is 4.06. The summed E-state index contributed by atoms with van der Waals surface area (Å²) in [5.74, 6) is -0.243. The fraction of sp³-hybridized carbons (Fsp3) is 0.417. The van der Waals surface area contributed by atoms with E-state index in [1.807, 2.05) is 13.8 Å². The molecule has 0 radical (unpaired) electrons. The molecule has 0 saturated heterocycles. The van der Waals surface area contributed by atoms with E-state index in [2.05, 4.69) is 21.2 Å². The predicted octanol–water partition coefficient (Wildman–Crippen LogP) is 3.34. The van der Waals surface area contributed by atoms with Crippen molar-refractivity contribution in [3.05, 3.63) is 28.8 Å². The van der Waals surface area contributed by atoms with Crippen LogP contribution in [0.4, 0.5) is 0 Å². The normalized spacial score (nSPS) is 14.1. The summed E-state index contributed by atoms with van der Waals surface area (Å²) in [4.78, 5) is 12.2. The molecule has 1 amide bonds. The molecular weight excluding hydrogens is 305 g/mol. The van der Waals surface area contributed by atoms with Crippen LogP contribution in [0, 0.1) is 0 Å². The van der Waals surface area contributed by atoms with Gasteiger partial charge in [0.2, 0.25) is 0 Å². The quantitative estimate of drug-likeness (QED) is 0.836. The summed E-state index contributed by atoms with van der Waals surface area (Å²) in [5.41, 5.74) is 0.292. The van der Waals surface area contributed by atoms with E-state index in [1.165, 1.54) is 18.2 Å². The summed E-state index contributed by atoms with van der Waals surface area (Å²) in [6.45, 7) is 3.94. The van der Waals surface area contributed by atoms with Crippen LogP contribution in [0.2, 0.25) is 5.02 Å². The molecule has 0 spiro atoms. The highest BCUT2D eigenvalue weighted by Gasteiger charge is 2.14. The van der Waals surface area contributed by atoms with E-state index in [0.29, 0.717) is 15.4 Å². The zero-order chi connectivity index (χ0) is 13.0. The van der Waals surface area contributed by atoms with Crippen molar-refractivity contribution >= 4 is 33.4 Å². The molecule has 1 aromatic carbocycles. The molecule has 0 aliphatic rings. The van der Waals surface area contributed by atoms with Gasteiger partial charge in [0, 0.05) is 10.9 Å². The molecule has 2 N–H and O–H groups in total. The minimum Gasteiger partial charge on any atom is -0.508 e. The van der Waals surface area contributed by atoms with Crippen LogP contribution in [0.1, 0.15) is 30.6 Å². The Morgan fingerprint density at radius 1 is 1.53 bits per heavy atom. The molecule has 0 aliphatic carbocycles. The second kappa shape index (κ2) is 6.26. The first-order valence-electron chi connectivity index (χ1n) is 5.33. The average molecular weight is 321 g/mol. The Kier molecular flexibility index (Phi) is 5.28. The molecule has 0 aromatic heterocycles. The fourth-order valence-corrected chi connectivity index (χ4v) is 2.30. The number of halogens is 2. The Balaban J connectivity index is 2.73. The van der Waals surface area contributed by atoms with Crippen LogP contribution < -0.4 is 5.32 Å². The minimum atomic E-state index is -0.272. The number of phenols is 1. The van der Waals surface area contributed by atoms with E-state index < -0.39 is 0 Å². The van der Waals surface area contributed by atoms with Crippen LogP contribution in [-0.4, -0.2) is 21.9 Å². The predicted molar refractivity (Wildman–Crippen MR) is 73.1 cm³/mol. The molecule has 0 saturated carbocycles. The zero-order valence-electron chi connectivity index (χ0n) is 9.71. The molecule has 0 heterocycles. The summed E-state index contributed by atoms with van der Waals surface area (Å²) in [5, 5.41) is 12.5. The number of amides is 1. The van der Waals surface area contributed by atoms with Crippen LogP contribution in [0.3, 0.4) is 0 Å². The molecule has 94 valence electrons. The van der Waals surface area contributed by atoms with Crippen molar-refractivity contribution < 1.29 is 9.90 Å². The lowest BCUT2D eigenvalue weighted by molar-refractivity contribution is 0.0938. The third-order valence-corrected chi connectivity index (χ3v) is 2.95. The van der Waals surface area contributed by atoms with E-state index >= 15 is 0 Å². The van der Waals surface area contributed by atoms with Crippen LogP contribution in [-0.2, 0) is 0 Å². The molecule has 0 bridgehead atoms. The molecule has 1 aromatic rings. The van der Waals surface area contributed by atoms with Crippen LogP contribution in [0.15, 0.2) is 18.2 Å². The smallest absolute Gasteiger partial charge is 0.253 e. The first kappa shape index (κ1) is 14.3. The summed E-state index contributed by atoms with van der Waals surface area (Å²) < 4.78 is 0. The summed E-state index contributed by atoms with van der Waals surface area (Å²) in [7, 11) is 0. The van der Waals surface area contributed by atoms with Crippen LogP contribution in [0.25, 0.3) is 0 Å². The van der Waals surface area contributed by atoms with Gasteiger partial charge in [0.1, 0.15) is 5.75 Å². The average Bonchev–Trinajstić information content (AvgIpc) is 2.20. The van der Waals surface area contributed by atoms with Gasteiger partial charge in [-0.3, -0.25) is 4.79 Å². The molecule has 2 unspecified atom stereocenters. The Hall–Kier alpha value is -0.740. The summed E-state index contributed by atoms with van der Waals surface area (Å²) in [6.07, 6.45) is 0.822. The molecule has 0 aliphatic heterocycles. The lowest BCUT2D eigenvalue weighted by Gasteiger charge is -2.15. The molecule has 2 atom stereocenters. The fourth-order valence-electron chi connectivity index (χ4n) is 1.53. The molecule has 3 nitrogen and oxygen atoms in total. The maximum Gasteiger partial charge on any atom is 0.253 e. The number of aromatic hydroxyl groups is 1. The highest BCUT2D eigenvalue weighted by molar-refractivity contribution is 9.09. The highest BCUT2D eigenvalue weighted by Crippen LogP contribution is 2.21. The van der Waals surface area contributed by atoms with Crippen molar-refractivity contribution in [3.8, 4) is 5.75 Å². The number of phenolic OH excluding ortho intramolecular Hbond substituents is 1. The van der Waals surface area contributed by atoms with Gasteiger partial charge < -0.3 is 10.4 Å². The van der Waals surface area contributed by atoms with E-state index in [0.717, 1.165) is 6.42 Å². The van der Waals surface area contributed by atoms with Gasteiger partial charge in [-0.25, -0.2) is 0 Å². The van der Waals surface area contributed by atoms with Gasteiger partial charge in [0.25, 0.3) is 5.91 Å². The van der Waals surface area contributed by atoms with Crippen LogP contribution in [0.5, 0.6) is 5.75 Å². The van der Waals surface area contributed by atoms with E-state index in [9.17, 15) is 9.90 Å². The topological polar surface area (TPSA) is 49.3 Å². The number of hydrogen-bond donors (Lipinski definition) is 2. The third-order valence-electron chi connectivity index (χ3n) is 2.25. The first-order chi connectivity index (χ1) is 7.90. The second-order valence-corrected chi connectivity index (χ2v) is 6.03. The molecule has 1 rings (SSSR count). The van der Waals surface area contributed by atoms with E-state index in [1.54, 1.807) is 0 Å². The standard InChI is InChI=1S/C12H15BrClNO2/c1-7(13)5-8(2)15-12(17)10-6-9(16)3-4-11(10)14/h3-4,6-8,16H,5H2,1-2H3,(H,15,17). The number of alkyl halides is 1. The maximum atomic E-state index is 11.9. The highest BCUT2D eigenvalue weighted by atomic mass is 79.9. The van der Waals surface area contributed by atoms with E-state index in [4.69, 9.17) is 11.6 Å². The Morgan fingerprint density at radius 2 is 2.18 bits per heavy atom. The monoisotopic (exact) mass is 319 g/mol. The Bertz CT molecular complexity index is 409. The van der Waals surface area contributed by atoms with Gasteiger partial charge in [0.05, 0.1) is 10.6 Å². The van der Waals surface area contributed by atoms with Gasteiger partial charge in [0.15, 0.2) is 0 Å². The number of rotatable bonds is 4. The number of hydrogen-bond acceptors (Lipinski definition) is 2. The summed E-state index contributed by atoms with van der Waals surface area (Å²) in [6, 6.07) is 4.35. The first-order valence-corrected chi connectivity index (χ1v) is 6.63. The van der Waals surface area contributed by atoms with Gasteiger partial charge >= 0.3 is 0 Å². The molecule has 17 heavy (non-hydrogen) atoms. The van der Waals surface area contributed by atoms with Gasteiger partial charge in [-0.2, -0.15) is 0 Å². The van der Waals surface area contributed by atoms with Gasteiger partial charge in [-0.15, -0.1) is 0 Å². The lowest BCUT2D eigenvalue weighted by atomic mass is 10.1. The van der Waals surface area contributed by atoms with Crippen LogP contribution >= 0.6 is 27.5 Å². The Morgan fingerprint density at radius 3 is 2.76 bits per heavy atom. The molecule has 0 fully saturated rings. The van der Waals surface area contributed by atoms with Crippen molar-refractivity contribution in [1.82, 2.24) is 5.32 Å². The third kappa shape index (κ3) is 4.56. The minimum absolute atomic E-state index is 0.0288. The number of carbonyl (C=O) groups is 1. The molecular formula is C12H15BrClNO2. The van der Waals surface area contributed by atoms with Crippen molar-refractivity contribution in [2.45, 2.75) is 31.1 Å². The van der Waals surface area contributed by atoms with Crippen molar-refractivity contribution in [2.24, 2.45) is 0 Å². The van der Waals surface area contributed by atoms with Gasteiger partial charge in [-0.1, -0.05) is 34.5 Å². The summed E-state index contributed by atoms with van der Waals surface area (Å²) >= 11 is 9.33. The SMILES string of the molecule is CC(Br)CC(C)NC(=O)c1cc(O)ccc1Cl. The number of benzene rings is 1. The van der Waals surface area contributed by atoms with Crippen molar-refractivity contribution in [3.63, 3.8) is 0 Å². The lowest BCUT2D eigenvalue weighted by Crippen LogP contribution is -2.34. The number of nitrogens with one attached hydrogen (secondary N) is 1. The zero-order valence-corrected chi connectivity index (χ0v) is 12.0.